The summed E-state index contributed by atoms with van der Waals surface area (Å²) in [5, 5.41) is 8.84. The molecule has 1 saturated heterocycles. The first-order valence-electron chi connectivity index (χ1n) is 5.40. The Morgan fingerprint density at radius 1 is 1.40 bits per heavy atom. The van der Waals surface area contributed by atoms with E-state index in [0.717, 1.165) is 32.7 Å². The molecule has 0 aromatic carbocycles. The van der Waals surface area contributed by atoms with Crippen molar-refractivity contribution in [3.05, 3.63) is 0 Å². The summed E-state index contributed by atoms with van der Waals surface area (Å²) in [6, 6.07) is -0.409. The summed E-state index contributed by atoms with van der Waals surface area (Å²) >= 11 is 0. The average molecular weight is 218 g/mol. The van der Waals surface area contributed by atoms with Gasteiger partial charge in [0.15, 0.2) is 0 Å². The van der Waals surface area contributed by atoms with Crippen LogP contribution in [0.5, 0.6) is 0 Å². The molecule has 0 aliphatic carbocycles. The number of carboxylic acids is 1. The minimum absolute atomic E-state index is 0.272. The van der Waals surface area contributed by atoms with Crippen molar-refractivity contribution in [2.24, 2.45) is 0 Å². The number of piperazine rings is 1. The molecule has 0 spiro atoms. The SMILES string of the molecule is CC(C(=O)O)N1CCN(CCCF)CC1. The van der Waals surface area contributed by atoms with Gasteiger partial charge < -0.3 is 10.0 Å². The van der Waals surface area contributed by atoms with E-state index in [1.807, 2.05) is 4.90 Å². The molecule has 15 heavy (non-hydrogen) atoms. The fourth-order valence-corrected chi connectivity index (χ4v) is 1.81. The van der Waals surface area contributed by atoms with E-state index in [2.05, 4.69) is 4.90 Å². The molecule has 0 saturated carbocycles. The highest BCUT2D eigenvalue weighted by Crippen LogP contribution is 2.06. The highest BCUT2D eigenvalue weighted by molar-refractivity contribution is 5.72. The van der Waals surface area contributed by atoms with Crippen LogP contribution in [0.15, 0.2) is 0 Å². The van der Waals surface area contributed by atoms with Gasteiger partial charge in [-0.1, -0.05) is 0 Å². The summed E-state index contributed by atoms with van der Waals surface area (Å²) in [6.07, 6.45) is 0.578. The second-order valence-electron chi connectivity index (χ2n) is 3.93. The Labute approximate surface area is 89.7 Å². The minimum Gasteiger partial charge on any atom is -0.480 e. The third-order valence-electron chi connectivity index (χ3n) is 2.92. The van der Waals surface area contributed by atoms with E-state index in [9.17, 15) is 9.18 Å². The van der Waals surface area contributed by atoms with Crippen LogP contribution < -0.4 is 0 Å². The van der Waals surface area contributed by atoms with Crippen molar-refractivity contribution in [3.63, 3.8) is 0 Å². The molecule has 1 atom stereocenters. The molecule has 0 aromatic rings. The monoisotopic (exact) mass is 218 g/mol. The zero-order chi connectivity index (χ0) is 11.3. The lowest BCUT2D eigenvalue weighted by atomic mass is 10.2. The Kier molecular flexibility index (Phi) is 4.98. The van der Waals surface area contributed by atoms with Crippen LogP contribution in [0.3, 0.4) is 0 Å². The number of rotatable bonds is 5. The molecule has 0 amide bonds. The molecule has 0 radical (unpaired) electrons. The van der Waals surface area contributed by atoms with Crippen LogP contribution in [0.4, 0.5) is 4.39 Å². The van der Waals surface area contributed by atoms with Crippen molar-refractivity contribution < 1.29 is 14.3 Å². The average Bonchev–Trinajstić information content (AvgIpc) is 2.26. The van der Waals surface area contributed by atoms with Crippen LogP contribution in [0.1, 0.15) is 13.3 Å². The van der Waals surface area contributed by atoms with E-state index in [1.165, 1.54) is 0 Å². The Morgan fingerprint density at radius 2 is 2.00 bits per heavy atom. The Bertz CT molecular complexity index is 206. The molecule has 1 unspecified atom stereocenters. The van der Waals surface area contributed by atoms with E-state index in [4.69, 9.17) is 5.11 Å². The van der Waals surface area contributed by atoms with Gasteiger partial charge in [-0.15, -0.1) is 0 Å². The summed E-state index contributed by atoms with van der Waals surface area (Å²) in [7, 11) is 0. The summed E-state index contributed by atoms with van der Waals surface area (Å²) < 4.78 is 11.9. The van der Waals surface area contributed by atoms with Crippen LogP contribution in [0.2, 0.25) is 0 Å². The zero-order valence-corrected chi connectivity index (χ0v) is 9.15. The number of nitrogens with zero attached hydrogens (tertiary/aromatic N) is 2. The molecule has 0 bridgehead atoms. The summed E-state index contributed by atoms with van der Waals surface area (Å²) in [5.41, 5.74) is 0. The second kappa shape index (κ2) is 6.02. The quantitative estimate of drug-likeness (QED) is 0.727. The van der Waals surface area contributed by atoms with Crippen molar-refractivity contribution >= 4 is 5.97 Å². The predicted molar refractivity (Wildman–Crippen MR) is 55.7 cm³/mol. The molecule has 1 rings (SSSR count). The maximum absolute atomic E-state index is 11.9. The van der Waals surface area contributed by atoms with Crippen LogP contribution in [-0.2, 0) is 4.79 Å². The standard InChI is InChI=1S/C10H19FN2O2/c1-9(10(14)15)13-7-5-12(6-8-13)4-2-3-11/h9H,2-8H2,1H3,(H,14,15). The van der Waals surface area contributed by atoms with Gasteiger partial charge in [-0.05, 0) is 13.3 Å². The lowest BCUT2D eigenvalue weighted by Crippen LogP contribution is -2.51. The number of carboxylic acid groups (broad SMARTS) is 1. The predicted octanol–water partition coefficient (Wildman–Crippen LogP) is 0.437. The number of hydrogen-bond acceptors (Lipinski definition) is 3. The molecule has 0 aromatic heterocycles. The van der Waals surface area contributed by atoms with Crippen LogP contribution in [0.25, 0.3) is 0 Å². The van der Waals surface area contributed by atoms with Crippen molar-refractivity contribution in [1.82, 2.24) is 9.80 Å². The highest BCUT2D eigenvalue weighted by Gasteiger charge is 2.24. The van der Waals surface area contributed by atoms with Gasteiger partial charge in [0.1, 0.15) is 6.04 Å². The fraction of sp³-hybridized carbons (Fsp3) is 0.900. The third kappa shape index (κ3) is 3.76. The first-order chi connectivity index (χ1) is 7.15. The van der Waals surface area contributed by atoms with Gasteiger partial charge in [0, 0.05) is 32.7 Å². The smallest absolute Gasteiger partial charge is 0.320 e. The number of halogens is 1. The van der Waals surface area contributed by atoms with Crippen LogP contribution in [0, 0.1) is 0 Å². The number of hydrogen-bond donors (Lipinski definition) is 1. The summed E-state index contributed by atoms with van der Waals surface area (Å²) in [4.78, 5) is 14.9. The molecule has 4 nitrogen and oxygen atoms in total. The topological polar surface area (TPSA) is 43.8 Å². The van der Waals surface area contributed by atoms with Crippen LogP contribution >= 0.6 is 0 Å². The maximum atomic E-state index is 11.9. The first-order valence-corrected chi connectivity index (χ1v) is 5.40. The van der Waals surface area contributed by atoms with Gasteiger partial charge in [-0.3, -0.25) is 14.1 Å². The van der Waals surface area contributed by atoms with Gasteiger partial charge in [0.05, 0.1) is 6.67 Å². The lowest BCUT2D eigenvalue weighted by Gasteiger charge is -2.36. The zero-order valence-electron chi connectivity index (χ0n) is 9.15. The molecule has 1 N–H and O–H groups in total. The van der Waals surface area contributed by atoms with Gasteiger partial charge in [0.2, 0.25) is 0 Å². The van der Waals surface area contributed by atoms with Gasteiger partial charge >= 0.3 is 5.97 Å². The van der Waals surface area contributed by atoms with E-state index in [0.29, 0.717) is 6.42 Å². The Morgan fingerprint density at radius 3 is 2.47 bits per heavy atom. The summed E-state index contributed by atoms with van der Waals surface area (Å²) in [5.74, 6) is -0.771. The normalized spacial score (nSPS) is 21.5. The molecule has 88 valence electrons. The first kappa shape index (κ1) is 12.4. The van der Waals surface area contributed by atoms with Crippen molar-refractivity contribution in [2.75, 3.05) is 39.4 Å². The second-order valence-corrected chi connectivity index (χ2v) is 3.93. The largest absolute Gasteiger partial charge is 0.480 e. The van der Waals surface area contributed by atoms with Crippen LogP contribution in [-0.4, -0.2) is 66.3 Å². The van der Waals surface area contributed by atoms with Gasteiger partial charge in [-0.25, -0.2) is 0 Å². The van der Waals surface area contributed by atoms with Crippen molar-refractivity contribution in [1.29, 1.82) is 0 Å². The van der Waals surface area contributed by atoms with Gasteiger partial charge in [-0.2, -0.15) is 0 Å². The Balaban J connectivity index is 2.26. The molecule has 1 aliphatic heterocycles. The number of alkyl halides is 1. The summed E-state index contributed by atoms with van der Waals surface area (Å²) in [6.45, 7) is 5.44. The number of carbonyl (C=O) groups is 1. The Hall–Kier alpha value is -0.680. The molecular weight excluding hydrogens is 199 g/mol. The molecule has 5 heteroatoms. The van der Waals surface area contributed by atoms with E-state index in [1.54, 1.807) is 6.92 Å². The maximum Gasteiger partial charge on any atom is 0.320 e. The van der Waals surface area contributed by atoms with Gasteiger partial charge in [0.25, 0.3) is 0 Å². The highest BCUT2D eigenvalue weighted by atomic mass is 19.1. The number of aliphatic carboxylic acids is 1. The van der Waals surface area contributed by atoms with E-state index >= 15 is 0 Å². The molecular formula is C10H19FN2O2. The molecule has 1 heterocycles. The fourth-order valence-electron chi connectivity index (χ4n) is 1.81. The lowest BCUT2D eigenvalue weighted by molar-refractivity contribution is -0.143. The van der Waals surface area contributed by atoms with E-state index in [-0.39, 0.29) is 6.67 Å². The van der Waals surface area contributed by atoms with E-state index < -0.39 is 12.0 Å². The molecule has 1 fully saturated rings. The molecule has 1 aliphatic rings. The third-order valence-corrected chi connectivity index (χ3v) is 2.92. The van der Waals surface area contributed by atoms with Crippen molar-refractivity contribution in [3.8, 4) is 0 Å². The minimum atomic E-state index is -0.771. The van der Waals surface area contributed by atoms with Crippen molar-refractivity contribution in [2.45, 2.75) is 19.4 Å².